The molecule has 0 spiro atoms. The zero-order valence-corrected chi connectivity index (χ0v) is 13.6. The number of carbonyl (C=O) groups excluding carboxylic acids is 1. The highest BCUT2D eigenvalue weighted by Gasteiger charge is 2.29. The molecule has 0 radical (unpaired) electrons. The second-order valence-electron chi connectivity index (χ2n) is 5.66. The second-order valence-corrected chi connectivity index (χ2v) is 6.57. The number of hydrogen-bond acceptors (Lipinski definition) is 2. The van der Waals surface area contributed by atoms with Crippen molar-refractivity contribution in [3.63, 3.8) is 0 Å². The summed E-state index contributed by atoms with van der Waals surface area (Å²) in [5.74, 6) is 0.647. The smallest absolute Gasteiger partial charge is 0.226 e. The van der Waals surface area contributed by atoms with Crippen molar-refractivity contribution in [1.29, 1.82) is 0 Å². The second kappa shape index (κ2) is 7.23. The van der Waals surface area contributed by atoms with E-state index >= 15 is 0 Å². The van der Waals surface area contributed by atoms with E-state index in [1.807, 2.05) is 36.2 Å². The minimum atomic E-state index is 0.188. The highest BCUT2D eigenvalue weighted by atomic mass is 79.9. The highest BCUT2D eigenvalue weighted by molar-refractivity contribution is 9.10. The van der Waals surface area contributed by atoms with Gasteiger partial charge in [0.25, 0.3) is 0 Å². The SMILES string of the molecule is CN(C(=O)Cc1cccc(Br)c1)C1CCCCC1CN. The molecule has 0 aliphatic heterocycles. The minimum Gasteiger partial charge on any atom is -0.342 e. The number of hydrogen-bond donors (Lipinski definition) is 1. The van der Waals surface area contributed by atoms with Crippen LogP contribution in [0.1, 0.15) is 31.2 Å². The van der Waals surface area contributed by atoms with Crippen molar-refractivity contribution in [1.82, 2.24) is 4.90 Å². The maximum atomic E-state index is 12.5. The summed E-state index contributed by atoms with van der Waals surface area (Å²) in [5.41, 5.74) is 6.91. The summed E-state index contributed by atoms with van der Waals surface area (Å²) in [6.45, 7) is 0.680. The van der Waals surface area contributed by atoms with E-state index in [-0.39, 0.29) is 5.91 Å². The maximum Gasteiger partial charge on any atom is 0.226 e. The fourth-order valence-corrected chi connectivity index (χ4v) is 3.55. The number of amides is 1. The Kier molecular flexibility index (Phi) is 5.61. The third kappa shape index (κ3) is 3.83. The lowest BCUT2D eigenvalue weighted by atomic mass is 9.83. The fourth-order valence-electron chi connectivity index (χ4n) is 3.10. The van der Waals surface area contributed by atoms with Crippen molar-refractivity contribution < 1.29 is 4.79 Å². The number of nitrogens with zero attached hydrogens (tertiary/aromatic N) is 1. The molecule has 0 bridgehead atoms. The van der Waals surface area contributed by atoms with E-state index in [1.54, 1.807) is 0 Å². The van der Waals surface area contributed by atoms with Crippen molar-refractivity contribution in [2.45, 2.75) is 38.1 Å². The Morgan fingerprint density at radius 3 is 2.85 bits per heavy atom. The van der Waals surface area contributed by atoms with Gasteiger partial charge in [0.2, 0.25) is 5.91 Å². The molecule has 1 aliphatic carbocycles. The van der Waals surface area contributed by atoms with E-state index in [9.17, 15) is 4.79 Å². The van der Waals surface area contributed by atoms with Crippen LogP contribution < -0.4 is 5.73 Å². The summed E-state index contributed by atoms with van der Waals surface area (Å²) in [6.07, 6.45) is 5.14. The summed E-state index contributed by atoms with van der Waals surface area (Å²) in [7, 11) is 1.93. The predicted molar refractivity (Wildman–Crippen MR) is 85.4 cm³/mol. The summed E-state index contributed by atoms with van der Waals surface area (Å²) in [4.78, 5) is 14.4. The van der Waals surface area contributed by atoms with E-state index in [2.05, 4.69) is 15.9 Å². The van der Waals surface area contributed by atoms with Gasteiger partial charge in [0, 0.05) is 17.6 Å². The molecule has 2 rings (SSSR count). The van der Waals surface area contributed by atoms with Gasteiger partial charge in [-0.1, -0.05) is 40.9 Å². The molecule has 2 atom stereocenters. The first-order chi connectivity index (χ1) is 9.61. The summed E-state index contributed by atoms with van der Waals surface area (Å²) in [6, 6.07) is 8.26. The van der Waals surface area contributed by atoms with Crippen LogP contribution >= 0.6 is 15.9 Å². The van der Waals surface area contributed by atoms with E-state index < -0.39 is 0 Å². The molecular formula is C16H23BrN2O. The van der Waals surface area contributed by atoms with Crippen LogP contribution in [0.15, 0.2) is 28.7 Å². The Morgan fingerprint density at radius 1 is 1.40 bits per heavy atom. The number of likely N-dealkylation sites (N-methyl/N-ethyl adjacent to an activating group) is 1. The van der Waals surface area contributed by atoms with Gasteiger partial charge in [0.1, 0.15) is 0 Å². The van der Waals surface area contributed by atoms with Gasteiger partial charge < -0.3 is 10.6 Å². The molecule has 0 saturated heterocycles. The van der Waals surface area contributed by atoms with Crippen LogP contribution in [0.2, 0.25) is 0 Å². The topological polar surface area (TPSA) is 46.3 Å². The Morgan fingerprint density at radius 2 is 2.15 bits per heavy atom. The monoisotopic (exact) mass is 338 g/mol. The van der Waals surface area contributed by atoms with Crippen molar-refractivity contribution >= 4 is 21.8 Å². The predicted octanol–water partition coefficient (Wildman–Crippen LogP) is 2.97. The normalized spacial score (nSPS) is 22.6. The summed E-state index contributed by atoms with van der Waals surface area (Å²) < 4.78 is 1.02. The van der Waals surface area contributed by atoms with Crippen molar-refractivity contribution in [2.75, 3.05) is 13.6 Å². The molecule has 0 heterocycles. The fraction of sp³-hybridized carbons (Fsp3) is 0.562. The number of nitrogens with two attached hydrogens (primary N) is 1. The van der Waals surface area contributed by atoms with Gasteiger partial charge in [-0.25, -0.2) is 0 Å². The zero-order chi connectivity index (χ0) is 14.5. The van der Waals surface area contributed by atoms with Crippen LogP contribution in [0, 0.1) is 5.92 Å². The molecule has 1 saturated carbocycles. The molecule has 3 nitrogen and oxygen atoms in total. The number of benzene rings is 1. The van der Waals surface area contributed by atoms with Gasteiger partial charge in [-0.3, -0.25) is 4.79 Å². The third-order valence-corrected chi connectivity index (χ3v) is 4.80. The van der Waals surface area contributed by atoms with E-state index in [1.165, 1.54) is 12.8 Å². The lowest BCUT2D eigenvalue weighted by molar-refractivity contribution is -0.132. The highest BCUT2D eigenvalue weighted by Crippen LogP contribution is 2.27. The molecule has 2 N–H and O–H groups in total. The minimum absolute atomic E-state index is 0.188. The number of rotatable bonds is 4. The molecule has 1 aromatic rings. The molecular weight excluding hydrogens is 316 g/mol. The van der Waals surface area contributed by atoms with Gasteiger partial charge in [0.15, 0.2) is 0 Å². The molecule has 110 valence electrons. The van der Waals surface area contributed by atoms with Crippen molar-refractivity contribution in [3.8, 4) is 0 Å². The molecule has 1 fully saturated rings. The molecule has 20 heavy (non-hydrogen) atoms. The van der Waals surface area contributed by atoms with Crippen LogP contribution in [0.25, 0.3) is 0 Å². The Hall–Kier alpha value is -0.870. The molecule has 4 heteroatoms. The van der Waals surface area contributed by atoms with Crippen LogP contribution in [-0.4, -0.2) is 30.4 Å². The third-order valence-electron chi connectivity index (χ3n) is 4.31. The Labute approximate surface area is 129 Å². The van der Waals surface area contributed by atoms with Gasteiger partial charge in [-0.2, -0.15) is 0 Å². The Balaban J connectivity index is 2.00. The van der Waals surface area contributed by atoms with Crippen molar-refractivity contribution in [2.24, 2.45) is 11.7 Å². The number of halogens is 1. The van der Waals surface area contributed by atoms with Crippen LogP contribution in [0.4, 0.5) is 0 Å². The van der Waals surface area contributed by atoms with Gasteiger partial charge >= 0.3 is 0 Å². The summed E-state index contributed by atoms with van der Waals surface area (Å²) >= 11 is 3.45. The molecule has 1 amide bonds. The van der Waals surface area contributed by atoms with E-state index in [4.69, 9.17) is 5.73 Å². The van der Waals surface area contributed by atoms with E-state index in [0.717, 1.165) is 22.9 Å². The van der Waals surface area contributed by atoms with Gasteiger partial charge in [-0.15, -0.1) is 0 Å². The van der Waals surface area contributed by atoms with Crippen LogP contribution in [-0.2, 0) is 11.2 Å². The molecule has 0 aromatic heterocycles. The lowest BCUT2D eigenvalue weighted by Gasteiger charge is -2.37. The average Bonchev–Trinajstić information content (AvgIpc) is 2.46. The molecule has 1 aliphatic rings. The average molecular weight is 339 g/mol. The largest absolute Gasteiger partial charge is 0.342 e. The molecule has 1 aromatic carbocycles. The van der Waals surface area contributed by atoms with Gasteiger partial charge in [-0.05, 0) is 43.0 Å². The number of carbonyl (C=O) groups is 1. The maximum absolute atomic E-state index is 12.5. The van der Waals surface area contributed by atoms with Crippen LogP contribution in [0.3, 0.4) is 0 Å². The lowest BCUT2D eigenvalue weighted by Crippen LogP contribution is -2.46. The Bertz CT molecular complexity index is 464. The summed E-state index contributed by atoms with van der Waals surface area (Å²) in [5, 5.41) is 0. The van der Waals surface area contributed by atoms with Crippen LogP contribution in [0.5, 0.6) is 0 Å². The van der Waals surface area contributed by atoms with Gasteiger partial charge in [0.05, 0.1) is 6.42 Å². The quantitative estimate of drug-likeness (QED) is 0.917. The zero-order valence-electron chi connectivity index (χ0n) is 12.0. The van der Waals surface area contributed by atoms with E-state index in [0.29, 0.717) is 24.9 Å². The van der Waals surface area contributed by atoms with Crippen molar-refractivity contribution in [3.05, 3.63) is 34.3 Å². The first-order valence-corrected chi connectivity index (χ1v) is 8.11. The standard InChI is InChI=1S/C16H23BrN2O/c1-19(15-8-3-2-6-13(15)11-18)16(20)10-12-5-4-7-14(17)9-12/h4-5,7,9,13,15H,2-3,6,8,10-11,18H2,1H3. The molecule has 2 unspecified atom stereocenters. The first-order valence-electron chi connectivity index (χ1n) is 7.32. The first kappa shape index (κ1) is 15.5.